The first kappa shape index (κ1) is 36.8. The molecule has 13 heteroatoms. The smallest absolute Gasteiger partial charge is 0.206 e. The fourth-order valence-electron chi connectivity index (χ4n) is 6.30. The van der Waals surface area contributed by atoms with Gasteiger partial charge < -0.3 is 18.9 Å². The standard InChI is InChI=1S/C40H34O12S/c1-49-23-7-11-25(12-8-23)51-19-3-5-33(41)35-37(43)29-17-15-27(21-31(29)39(35)45)53(47,48)28-16-18-30-32(22-28)40(46)36(38(30)44)34(42)6-4-20-52-26-13-9-24(50-2)10-14-26/h7-18,21-22,35-36H,3-6,19-20H2,1-2H3. The Hall–Kier alpha value is -5.95. The first-order valence-electron chi connectivity index (χ1n) is 16.7. The molecule has 0 amide bonds. The van der Waals surface area contributed by atoms with Gasteiger partial charge in [0.2, 0.25) is 9.84 Å². The molecule has 12 nitrogen and oxygen atoms in total. The second kappa shape index (κ2) is 15.3. The normalized spacial score (nSPS) is 16.3. The molecule has 4 aromatic rings. The number of carbonyl (C=O) groups excluding carboxylic acids is 6. The molecule has 0 aliphatic heterocycles. The molecule has 2 unspecified atom stereocenters. The number of ether oxygens (including phenoxy) is 4. The lowest BCUT2D eigenvalue weighted by atomic mass is 9.95. The van der Waals surface area contributed by atoms with Crippen molar-refractivity contribution in [2.24, 2.45) is 11.8 Å². The van der Waals surface area contributed by atoms with E-state index in [2.05, 4.69) is 0 Å². The van der Waals surface area contributed by atoms with Crippen molar-refractivity contribution in [2.75, 3.05) is 27.4 Å². The number of hydrogen-bond donors (Lipinski definition) is 0. The van der Waals surface area contributed by atoms with Crippen molar-refractivity contribution in [1.29, 1.82) is 0 Å². The molecule has 272 valence electrons. The van der Waals surface area contributed by atoms with Gasteiger partial charge in [0.05, 0.1) is 37.2 Å². The van der Waals surface area contributed by atoms with E-state index in [1.54, 1.807) is 62.8 Å². The molecule has 4 aromatic carbocycles. The molecule has 0 aromatic heterocycles. The summed E-state index contributed by atoms with van der Waals surface area (Å²) in [5, 5.41) is 0. The van der Waals surface area contributed by atoms with Crippen LogP contribution < -0.4 is 18.9 Å². The Labute approximate surface area is 304 Å². The second-order valence-electron chi connectivity index (χ2n) is 12.4. The third-order valence-electron chi connectivity index (χ3n) is 9.15. The van der Waals surface area contributed by atoms with Crippen molar-refractivity contribution >= 4 is 44.5 Å². The minimum absolute atomic E-state index is 0.0627. The summed E-state index contributed by atoms with van der Waals surface area (Å²) < 4.78 is 48.9. The second-order valence-corrected chi connectivity index (χ2v) is 14.4. The Morgan fingerprint density at radius 2 is 0.849 bits per heavy atom. The Morgan fingerprint density at radius 3 is 1.21 bits per heavy atom. The average Bonchev–Trinajstić information content (AvgIpc) is 3.58. The molecule has 53 heavy (non-hydrogen) atoms. The van der Waals surface area contributed by atoms with E-state index in [4.69, 9.17) is 18.9 Å². The molecule has 0 fully saturated rings. The van der Waals surface area contributed by atoms with Crippen molar-refractivity contribution in [1.82, 2.24) is 0 Å². The van der Waals surface area contributed by atoms with E-state index in [1.165, 1.54) is 12.1 Å². The highest BCUT2D eigenvalue weighted by atomic mass is 32.2. The van der Waals surface area contributed by atoms with Gasteiger partial charge in [0.1, 0.15) is 34.8 Å². The van der Waals surface area contributed by atoms with Crippen LogP contribution >= 0.6 is 0 Å². The molecule has 6 rings (SSSR count). The highest BCUT2D eigenvalue weighted by Crippen LogP contribution is 2.35. The number of carbonyl (C=O) groups is 6. The van der Waals surface area contributed by atoms with Crippen LogP contribution in [0.5, 0.6) is 23.0 Å². The summed E-state index contributed by atoms with van der Waals surface area (Å²) in [6.45, 7) is 0.319. The number of methoxy groups -OCH3 is 2. The number of Topliss-reactive ketones (excluding diaryl/α,β-unsaturated/α-hetero) is 6. The van der Waals surface area contributed by atoms with Crippen molar-refractivity contribution < 1.29 is 56.1 Å². The molecule has 0 saturated heterocycles. The summed E-state index contributed by atoms with van der Waals surface area (Å²) in [4.78, 5) is 78.1. The molecule has 0 radical (unpaired) electrons. The van der Waals surface area contributed by atoms with Crippen molar-refractivity contribution in [2.45, 2.75) is 35.5 Å². The highest BCUT2D eigenvalue weighted by Gasteiger charge is 2.45. The van der Waals surface area contributed by atoms with Gasteiger partial charge in [-0.1, -0.05) is 0 Å². The van der Waals surface area contributed by atoms with Crippen LogP contribution in [-0.4, -0.2) is 70.6 Å². The van der Waals surface area contributed by atoms with Crippen LogP contribution in [0.1, 0.15) is 67.1 Å². The van der Waals surface area contributed by atoms with Crippen LogP contribution in [0.25, 0.3) is 0 Å². The Morgan fingerprint density at radius 1 is 0.509 bits per heavy atom. The van der Waals surface area contributed by atoms with Gasteiger partial charge in [-0.25, -0.2) is 8.42 Å². The third kappa shape index (κ3) is 7.38. The first-order chi connectivity index (χ1) is 25.4. The van der Waals surface area contributed by atoms with E-state index >= 15 is 0 Å². The molecular weight excluding hydrogens is 704 g/mol. The van der Waals surface area contributed by atoms with Crippen molar-refractivity contribution in [3.63, 3.8) is 0 Å². The lowest BCUT2D eigenvalue weighted by Gasteiger charge is -2.08. The van der Waals surface area contributed by atoms with Gasteiger partial charge in [0.25, 0.3) is 0 Å². The zero-order chi connectivity index (χ0) is 37.9. The quantitative estimate of drug-likeness (QED) is 0.106. The Kier molecular flexibility index (Phi) is 10.7. The number of benzene rings is 4. The van der Waals surface area contributed by atoms with Gasteiger partial charge in [-0.3, -0.25) is 28.8 Å². The number of ketones is 6. The molecule has 2 aliphatic carbocycles. The summed E-state index contributed by atoms with van der Waals surface area (Å²) >= 11 is 0. The predicted octanol–water partition coefficient (Wildman–Crippen LogP) is 5.38. The van der Waals surface area contributed by atoms with Crippen LogP contribution in [0.3, 0.4) is 0 Å². The minimum Gasteiger partial charge on any atom is -0.497 e. The molecule has 0 bridgehead atoms. The first-order valence-corrected chi connectivity index (χ1v) is 18.2. The van der Waals surface area contributed by atoms with Gasteiger partial charge in [0, 0.05) is 35.1 Å². The molecule has 0 spiro atoms. The zero-order valence-electron chi connectivity index (χ0n) is 28.8. The summed E-state index contributed by atoms with van der Waals surface area (Å²) in [6, 6.07) is 20.5. The van der Waals surface area contributed by atoms with Gasteiger partial charge >= 0.3 is 0 Å². The van der Waals surface area contributed by atoms with Gasteiger partial charge in [-0.15, -0.1) is 0 Å². The fraction of sp³-hybridized carbons (Fsp3) is 0.250. The number of hydrogen-bond acceptors (Lipinski definition) is 12. The van der Waals surface area contributed by atoms with Crippen molar-refractivity contribution in [3.05, 3.63) is 107 Å². The van der Waals surface area contributed by atoms with Crippen LogP contribution in [0.2, 0.25) is 0 Å². The van der Waals surface area contributed by atoms with Gasteiger partial charge in [0.15, 0.2) is 34.7 Å². The summed E-state index contributed by atoms with van der Waals surface area (Å²) in [6.07, 6.45) is 0.256. The third-order valence-corrected chi connectivity index (χ3v) is 10.9. The highest BCUT2D eigenvalue weighted by molar-refractivity contribution is 7.91. The molecule has 2 atom stereocenters. The Bertz CT molecular complexity index is 2090. The average molecular weight is 739 g/mol. The largest absolute Gasteiger partial charge is 0.497 e. The van der Waals surface area contributed by atoms with Gasteiger partial charge in [-0.2, -0.15) is 0 Å². The van der Waals surface area contributed by atoms with E-state index in [-0.39, 0.29) is 70.9 Å². The maximum atomic E-state index is 13.7. The van der Waals surface area contributed by atoms with Crippen LogP contribution in [0, 0.1) is 11.8 Å². The molecule has 2 aliphatic rings. The number of rotatable bonds is 16. The number of sulfone groups is 1. The summed E-state index contributed by atoms with van der Waals surface area (Å²) in [5.74, 6) is -4.96. The van der Waals surface area contributed by atoms with Crippen LogP contribution in [-0.2, 0) is 19.4 Å². The fourth-order valence-corrected chi connectivity index (χ4v) is 7.62. The van der Waals surface area contributed by atoms with Crippen LogP contribution in [0.4, 0.5) is 0 Å². The van der Waals surface area contributed by atoms with Crippen molar-refractivity contribution in [3.8, 4) is 23.0 Å². The SMILES string of the molecule is COc1ccc(OCCCC(=O)C2C(=O)c3ccc(S(=O)(=O)c4ccc5c(c4)C(=O)C(C(=O)CCCOc4ccc(OC)cc4)C5=O)cc3C2=O)cc1. The zero-order valence-corrected chi connectivity index (χ0v) is 29.6. The minimum atomic E-state index is -4.38. The topological polar surface area (TPSA) is 173 Å². The van der Waals surface area contributed by atoms with Gasteiger partial charge in [-0.05, 0) is 97.8 Å². The van der Waals surface area contributed by atoms with E-state index in [0.29, 0.717) is 23.0 Å². The summed E-state index contributed by atoms with van der Waals surface area (Å²) in [7, 11) is -1.30. The van der Waals surface area contributed by atoms with Crippen LogP contribution in [0.15, 0.2) is 94.7 Å². The predicted molar refractivity (Wildman–Crippen MR) is 188 cm³/mol. The number of fused-ring (bicyclic) bond motifs is 2. The lowest BCUT2D eigenvalue weighted by Crippen LogP contribution is -2.25. The lowest BCUT2D eigenvalue weighted by molar-refractivity contribution is -0.121. The Balaban J connectivity index is 1.08. The van der Waals surface area contributed by atoms with E-state index < -0.39 is 56.4 Å². The maximum Gasteiger partial charge on any atom is 0.206 e. The van der Waals surface area contributed by atoms with E-state index in [1.807, 2.05) is 0 Å². The molecule has 0 saturated carbocycles. The molecule has 0 N–H and O–H groups in total. The molecule has 0 heterocycles. The maximum absolute atomic E-state index is 13.7. The monoisotopic (exact) mass is 738 g/mol. The van der Waals surface area contributed by atoms with E-state index in [0.717, 1.165) is 24.3 Å². The summed E-state index contributed by atoms with van der Waals surface area (Å²) in [5.41, 5.74) is -0.518. The van der Waals surface area contributed by atoms with E-state index in [9.17, 15) is 37.2 Å². The molecular formula is C40H34O12S.